The summed E-state index contributed by atoms with van der Waals surface area (Å²) in [4.78, 5) is 10.9. The Bertz CT molecular complexity index is 839. The summed E-state index contributed by atoms with van der Waals surface area (Å²) in [5.74, 6) is -0.632. The van der Waals surface area contributed by atoms with Gasteiger partial charge in [-0.2, -0.15) is 9.61 Å². The standard InChI is InChI=1S/C15H14N4O2/c1-9-3-4-10(2)11(7-9)12-5-6-13-16-17-14(8-15(20)21)19(13)18-12/h3-7H,8H2,1-2H3,(H,20,21). The minimum atomic E-state index is -0.955. The lowest BCUT2D eigenvalue weighted by Gasteiger charge is -2.07. The summed E-state index contributed by atoms with van der Waals surface area (Å²) in [5, 5.41) is 21.2. The highest BCUT2D eigenvalue weighted by Crippen LogP contribution is 2.23. The molecule has 21 heavy (non-hydrogen) atoms. The first-order chi connectivity index (χ1) is 10.0. The molecule has 0 aliphatic heterocycles. The normalized spacial score (nSPS) is 11.0. The van der Waals surface area contributed by atoms with Gasteiger partial charge in [0.25, 0.3) is 0 Å². The van der Waals surface area contributed by atoms with Crippen molar-refractivity contribution in [2.75, 3.05) is 0 Å². The maximum atomic E-state index is 10.9. The maximum absolute atomic E-state index is 10.9. The Hall–Kier alpha value is -2.76. The van der Waals surface area contributed by atoms with Crippen molar-refractivity contribution in [3.8, 4) is 11.3 Å². The molecule has 0 atom stereocenters. The number of rotatable bonds is 3. The number of carboxylic acid groups (broad SMARTS) is 1. The van der Waals surface area contributed by atoms with Crippen LogP contribution in [0.25, 0.3) is 16.9 Å². The molecule has 2 aromatic heterocycles. The third-order valence-corrected chi connectivity index (χ3v) is 3.31. The van der Waals surface area contributed by atoms with Crippen molar-refractivity contribution < 1.29 is 9.90 Å². The summed E-state index contributed by atoms with van der Waals surface area (Å²) in [6.07, 6.45) is -0.204. The Morgan fingerprint density at radius 3 is 2.76 bits per heavy atom. The predicted octanol–water partition coefficient (Wildman–Crippen LogP) is 2.04. The molecule has 1 aromatic carbocycles. The minimum absolute atomic E-state index is 0.204. The number of hydrogen-bond acceptors (Lipinski definition) is 4. The van der Waals surface area contributed by atoms with Crippen LogP contribution >= 0.6 is 0 Å². The second kappa shape index (κ2) is 4.97. The van der Waals surface area contributed by atoms with E-state index in [4.69, 9.17) is 5.11 Å². The monoisotopic (exact) mass is 282 g/mol. The lowest BCUT2D eigenvalue weighted by atomic mass is 10.0. The molecule has 0 unspecified atom stereocenters. The van der Waals surface area contributed by atoms with Crippen molar-refractivity contribution in [3.63, 3.8) is 0 Å². The van der Waals surface area contributed by atoms with Gasteiger partial charge in [-0.15, -0.1) is 10.2 Å². The predicted molar refractivity (Wildman–Crippen MR) is 77.0 cm³/mol. The summed E-state index contributed by atoms with van der Waals surface area (Å²) < 4.78 is 1.49. The Labute approximate surface area is 121 Å². The number of benzene rings is 1. The molecule has 0 fully saturated rings. The van der Waals surface area contributed by atoms with Gasteiger partial charge in [-0.05, 0) is 37.6 Å². The molecular formula is C15H14N4O2. The number of aromatic nitrogens is 4. The Kier molecular flexibility index (Phi) is 3.13. The van der Waals surface area contributed by atoms with E-state index in [9.17, 15) is 4.79 Å². The molecule has 0 radical (unpaired) electrons. The van der Waals surface area contributed by atoms with Crippen LogP contribution in [0.2, 0.25) is 0 Å². The molecule has 0 spiro atoms. The molecule has 0 amide bonds. The highest BCUT2D eigenvalue weighted by atomic mass is 16.4. The van der Waals surface area contributed by atoms with Crippen LogP contribution in [0.4, 0.5) is 0 Å². The Morgan fingerprint density at radius 1 is 1.19 bits per heavy atom. The van der Waals surface area contributed by atoms with Gasteiger partial charge < -0.3 is 5.11 Å². The smallest absolute Gasteiger partial charge is 0.311 e. The van der Waals surface area contributed by atoms with Crippen LogP contribution in [0.5, 0.6) is 0 Å². The van der Waals surface area contributed by atoms with Crippen LogP contribution in [0.1, 0.15) is 17.0 Å². The van der Waals surface area contributed by atoms with E-state index in [2.05, 4.69) is 21.4 Å². The summed E-state index contributed by atoms with van der Waals surface area (Å²) >= 11 is 0. The zero-order valence-electron chi connectivity index (χ0n) is 11.7. The zero-order chi connectivity index (χ0) is 15.0. The van der Waals surface area contributed by atoms with E-state index < -0.39 is 5.97 Å². The molecule has 2 heterocycles. The molecule has 0 bridgehead atoms. The largest absolute Gasteiger partial charge is 0.481 e. The van der Waals surface area contributed by atoms with Crippen LogP contribution in [0.3, 0.4) is 0 Å². The fourth-order valence-electron chi connectivity index (χ4n) is 2.23. The number of fused-ring (bicyclic) bond motifs is 1. The molecule has 106 valence electrons. The molecule has 1 N–H and O–H groups in total. The molecule has 6 heteroatoms. The summed E-state index contributed by atoms with van der Waals surface area (Å²) in [7, 11) is 0. The highest BCUT2D eigenvalue weighted by Gasteiger charge is 2.12. The van der Waals surface area contributed by atoms with Gasteiger partial charge in [-0.3, -0.25) is 4.79 Å². The van der Waals surface area contributed by atoms with Crippen molar-refractivity contribution in [1.29, 1.82) is 0 Å². The lowest BCUT2D eigenvalue weighted by molar-refractivity contribution is -0.136. The van der Waals surface area contributed by atoms with Gasteiger partial charge in [-0.25, -0.2) is 0 Å². The third kappa shape index (κ3) is 2.47. The fraction of sp³-hybridized carbons (Fsp3) is 0.200. The third-order valence-electron chi connectivity index (χ3n) is 3.31. The van der Waals surface area contributed by atoms with E-state index in [1.165, 1.54) is 4.52 Å². The van der Waals surface area contributed by atoms with E-state index in [1.54, 1.807) is 6.07 Å². The summed E-state index contributed by atoms with van der Waals surface area (Å²) in [6, 6.07) is 9.82. The van der Waals surface area contributed by atoms with Gasteiger partial charge in [0.05, 0.1) is 5.69 Å². The van der Waals surface area contributed by atoms with E-state index >= 15 is 0 Å². The number of aryl methyl sites for hydroxylation is 2. The van der Waals surface area contributed by atoms with Gasteiger partial charge in [0.1, 0.15) is 6.42 Å². The van der Waals surface area contributed by atoms with Gasteiger partial charge in [0.2, 0.25) is 0 Å². The average molecular weight is 282 g/mol. The summed E-state index contributed by atoms with van der Waals surface area (Å²) in [6.45, 7) is 4.04. The quantitative estimate of drug-likeness (QED) is 0.795. The Balaban J connectivity index is 2.15. The van der Waals surface area contributed by atoms with Gasteiger partial charge in [0.15, 0.2) is 11.5 Å². The molecule has 0 aliphatic carbocycles. The molecular weight excluding hydrogens is 268 g/mol. The number of carbonyl (C=O) groups is 1. The second-order valence-corrected chi connectivity index (χ2v) is 4.99. The van der Waals surface area contributed by atoms with Crippen molar-refractivity contribution in [2.45, 2.75) is 20.3 Å². The molecule has 0 saturated heterocycles. The first-order valence-electron chi connectivity index (χ1n) is 6.55. The van der Waals surface area contributed by atoms with Crippen molar-refractivity contribution in [1.82, 2.24) is 19.8 Å². The second-order valence-electron chi connectivity index (χ2n) is 4.99. The van der Waals surface area contributed by atoms with Crippen LogP contribution in [0, 0.1) is 13.8 Å². The average Bonchev–Trinajstić information content (AvgIpc) is 2.83. The SMILES string of the molecule is Cc1ccc(C)c(-c2ccc3nnc(CC(=O)O)n3n2)c1. The number of aliphatic carboxylic acids is 1. The number of carboxylic acids is 1. The van der Waals surface area contributed by atoms with E-state index in [1.807, 2.05) is 32.0 Å². The Morgan fingerprint density at radius 2 is 2.00 bits per heavy atom. The molecule has 0 aliphatic rings. The van der Waals surface area contributed by atoms with Gasteiger partial charge >= 0.3 is 5.97 Å². The number of nitrogens with zero attached hydrogens (tertiary/aromatic N) is 4. The van der Waals surface area contributed by atoms with Crippen molar-refractivity contribution >= 4 is 11.6 Å². The van der Waals surface area contributed by atoms with Crippen molar-refractivity contribution in [3.05, 3.63) is 47.3 Å². The molecule has 6 nitrogen and oxygen atoms in total. The van der Waals surface area contributed by atoms with Gasteiger partial charge in [0, 0.05) is 5.56 Å². The fourth-order valence-corrected chi connectivity index (χ4v) is 2.23. The maximum Gasteiger partial charge on any atom is 0.311 e. The molecule has 0 saturated carbocycles. The van der Waals surface area contributed by atoms with Gasteiger partial charge in [-0.1, -0.05) is 17.7 Å². The van der Waals surface area contributed by atoms with Crippen LogP contribution in [-0.4, -0.2) is 30.9 Å². The molecule has 3 aromatic rings. The summed E-state index contributed by atoms with van der Waals surface area (Å²) in [5.41, 5.74) is 4.59. The van der Waals surface area contributed by atoms with E-state index in [0.717, 1.165) is 22.4 Å². The topological polar surface area (TPSA) is 80.4 Å². The highest BCUT2D eigenvalue weighted by molar-refractivity contribution is 5.69. The number of hydrogen-bond donors (Lipinski definition) is 1. The van der Waals surface area contributed by atoms with E-state index in [0.29, 0.717) is 11.5 Å². The minimum Gasteiger partial charge on any atom is -0.481 e. The van der Waals surface area contributed by atoms with Crippen LogP contribution in [-0.2, 0) is 11.2 Å². The van der Waals surface area contributed by atoms with Crippen LogP contribution in [0.15, 0.2) is 30.3 Å². The zero-order valence-corrected chi connectivity index (χ0v) is 11.7. The molecule has 3 rings (SSSR count). The lowest BCUT2D eigenvalue weighted by Crippen LogP contribution is -2.07. The van der Waals surface area contributed by atoms with Crippen LogP contribution < -0.4 is 0 Å². The first kappa shape index (κ1) is 13.2. The first-order valence-corrected chi connectivity index (χ1v) is 6.55. The van der Waals surface area contributed by atoms with Crippen molar-refractivity contribution in [2.24, 2.45) is 0 Å². The van der Waals surface area contributed by atoms with E-state index in [-0.39, 0.29) is 6.42 Å².